The summed E-state index contributed by atoms with van der Waals surface area (Å²) in [6.07, 6.45) is 16.2. The second-order valence-electron chi connectivity index (χ2n) is 6.72. The summed E-state index contributed by atoms with van der Waals surface area (Å²) in [4.78, 5) is 0.0630. The second-order valence-corrected chi connectivity index (χ2v) is 8.11. The first-order chi connectivity index (χ1) is 11.6. The van der Waals surface area contributed by atoms with Crippen LogP contribution in [0.3, 0.4) is 0 Å². The van der Waals surface area contributed by atoms with E-state index < -0.39 is 10.1 Å². The summed E-state index contributed by atoms with van der Waals surface area (Å²) in [5.41, 5.74) is 0.729. The monoisotopic (exact) mass is 378 g/mol. The van der Waals surface area contributed by atoms with Crippen LogP contribution < -0.4 is 0 Å². The Labute approximate surface area is 177 Å². The first kappa shape index (κ1) is 25.1. The third-order valence-corrected chi connectivity index (χ3v) is 5.50. The molecular formula is C20H35NaO3S. The van der Waals surface area contributed by atoms with Crippen molar-refractivity contribution in [2.75, 3.05) is 0 Å². The maximum absolute atomic E-state index is 11.3. The Morgan fingerprint density at radius 2 is 1.20 bits per heavy atom. The zero-order valence-electron chi connectivity index (χ0n) is 15.2. The third kappa shape index (κ3) is 12.2. The van der Waals surface area contributed by atoms with Crippen LogP contribution in [0.5, 0.6) is 0 Å². The molecule has 140 valence electrons. The second kappa shape index (κ2) is 15.2. The molecule has 0 saturated carbocycles. The molecule has 0 atom stereocenters. The van der Waals surface area contributed by atoms with Gasteiger partial charge in [-0.3, -0.25) is 4.55 Å². The summed E-state index contributed by atoms with van der Waals surface area (Å²) < 4.78 is 31.9. The van der Waals surface area contributed by atoms with Crippen molar-refractivity contribution >= 4 is 39.7 Å². The molecule has 0 aliphatic carbocycles. The normalized spacial score (nSPS) is 11.3. The predicted octanol–water partition coefficient (Wildman–Crippen LogP) is 5.53. The fourth-order valence-electron chi connectivity index (χ4n) is 3.12. The van der Waals surface area contributed by atoms with Gasteiger partial charge in [-0.05, 0) is 24.5 Å². The molecule has 5 heteroatoms. The van der Waals surface area contributed by atoms with Gasteiger partial charge in [0.15, 0.2) is 0 Å². The summed E-state index contributed by atoms with van der Waals surface area (Å²) in [5.74, 6) is 0. The predicted molar refractivity (Wildman–Crippen MR) is 108 cm³/mol. The van der Waals surface area contributed by atoms with Gasteiger partial charge in [0.05, 0.1) is 4.90 Å². The third-order valence-electron chi connectivity index (χ3n) is 4.55. The van der Waals surface area contributed by atoms with Crippen molar-refractivity contribution in [3.05, 3.63) is 29.8 Å². The Bertz CT molecular complexity index is 544. The van der Waals surface area contributed by atoms with E-state index in [1.165, 1.54) is 70.3 Å². The van der Waals surface area contributed by atoms with Gasteiger partial charge in [-0.15, -0.1) is 0 Å². The Hall–Kier alpha value is 0.130. The maximum atomic E-state index is 11.3. The van der Waals surface area contributed by atoms with Crippen LogP contribution in [0, 0.1) is 0 Å². The van der Waals surface area contributed by atoms with E-state index in [-0.39, 0.29) is 34.5 Å². The van der Waals surface area contributed by atoms with Crippen molar-refractivity contribution in [1.82, 2.24) is 0 Å². The van der Waals surface area contributed by atoms with Gasteiger partial charge in [-0.1, -0.05) is 95.8 Å². The number of hydrogen-bond donors (Lipinski definition) is 1. The van der Waals surface area contributed by atoms with E-state index in [1.54, 1.807) is 12.1 Å². The molecule has 0 amide bonds. The zero-order chi connectivity index (χ0) is 17.7. The van der Waals surface area contributed by atoms with Crippen LogP contribution in [0.1, 0.15) is 89.5 Å². The SMILES string of the molecule is CCCCCCCCCCCCCCc1ccccc1S(=O)(=O)O.[NaH]. The average molecular weight is 379 g/mol. The van der Waals surface area contributed by atoms with Gasteiger partial charge in [-0.2, -0.15) is 8.42 Å². The standard InChI is InChI=1S/C20H34O3S.Na.H/c1-2-3-4-5-6-7-8-9-10-11-12-13-16-19-17-14-15-18-20(19)24(21,22)23;;/h14-15,17-18H,2-13,16H2,1H3,(H,21,22,23);;. The van der Waals surface area contributed by atoms with E-state index in [2.05, 4.69) is 6.92 Å². The molecule has 25 heavy (non-hydrogen) atoms. The minimum atomic E-state index is -4.10. The van der Waals surface area contributed by atoms with E-state index in [4.69, 9.17) is 0 Å². The first-order valence-corrected chi connectivity index (χ1v) is 11.0. The van der Waals surface area contributed by atoms with E-state index in [0.717, 1.165) is 18.4 Å². The van der Waals surface area contributed by atoms with E-state index in [0.29, 0.717) is 6.42 Å². The molecule has 0 aromatic heterocycles. The molecule has 0 unspecified atom stereocenters. The number of benzene rings is 1. The molecule has 0 fully saturated rings. The topological polar surface area (TPSA) is 54.4 Å². The molecule has 0 radical (unpaired) electrons. The molecule has 0 bridgehead atoms. The van der Waals surface area contributed by atoms with E-state index in [1.807, 2.05) is 6.07 Å². The molecule has 1 aromatic rings. The quantitative estimate of drug-likeness (QED) is 0.263. The van der Waals surface area contributed by atoms with Crippen LogP contribution in [0.4, 0.5) is 0 Å². The minimum absolute atomic E-state index is 0. The van der Waals surface area contributed by atoms with Crippen molar-refractivity contribution in [2.24, 2.45) is 0 Å². The summed E-state index contributed by atoms with van der Waals surface area (Å²) in [6.45, 7) is 2.25. The van der Waals surface area contributed by atoms with Gasteiger partial charge < -0.3 is 0 Å². The van der Waals surface area contributed by atoms with Crippen LogP contribution in [-0.4, -0.2) is 42.5 Å². The molecule has 3 nitrogen and oxygen atoms in total. The van der Waals surface area contributed by atoms with Crippen molar-refractivity contribution < 1.29 is 13.0 Å². The summed E-state index contributed by atoms with van der Waals surface area (Å²) in [7, 11) is -4.10. The van der Waals surface area contributed by atoms with Gasteiger partial charge >= 0.3 is 29.6 Å². The van der Waals surface area contributed by atoms with Crippen molar-refractivity contribution in [3.63, 3.8) is 0 Å². The Morgan fingerprint density at radius 3 is 1.68 bits per heavy atom. The van der Waals surface area contributed by atoms with Crippen LogP contribution in [0.15, 0.2) is 29.2 Å². The number of aryl methyl sites for hydroxylation is 1. The van der Waals surface area contributed by atoms with E-state index in [9.17, 15) is 13.0 Å². The van der Waals surface area contributed by atoms with Crippen LogP contribution in [0.2, 0.25) is 0 Å². The molecule has 0 aliphatic rings. The molecule has 0 saturated heterocycles. The number of rotatable bonds is 14. The molecule has 0 spiro atoms. The Balaban J connectivity index is 0.00000576. The van der Waals surface area contributed by atoms with Gasteiger partial charge in [0.1, 0.15) is 0 Å². The van der Waals surface area contributed by atoms with Crippen molar-refractivity contribution in [3.8, 4) is 0 Å². The van der Waals surface area contributed by atoms with Gasteiger partial charge in [0, 0.05) is 0 Å². The number of unbranched alkanes of at least 4 members (excludes halogenated alkanes) is 11. The van der Waals surface area contributed by atoms with Crippen molar-refractivity contribution in [2.45, 2.75) is 95.3 Å². The molecule has 1 rings (SSSR count). The first-order valence-electron chi connectivity index (χ1n) is 9.61. The average Bonchev–Trinajstić information content (AvgIpc) is 2.55. The van der Waals surface area contributed by atoms with Crippen molar-refractivity contribution in [1.29, 1.82) is 0 Å². The zero-order valence-corrected chi connectivity index (χ0v) is 16.0. The summed E-state index contributed by atoms with van der Waals surface area (Å²) in [6, 6.07) is 6.74. The molecule has 0 aliphatic heterocycles. The summed E-state index contributed by atoms with van der Waals surface area (Å²) in [5, 5.41) is 0. The van der Waals surface area contributed by atoms with Crippen LogP contribution in [0.25, 0.3) is 0 Å². The number of hydrogen-bond acceptors (Lipinski definition) is 2. The Morgan fingerprint density at radius 1 is 0.760 bits per heavy atom. The van der Waals surface area contributed by atoms with Gasteiger partial charge in [0.25, 0.3) is 10.1 Å². The fourth-order valence-corrected chi connectivity index (χ4v) is 3.87. The molecular weight excluding hydrogens is 343 g/mol. The van der Waals surface area contributed by atoms with Crippen LogP contribution in [-0.2, 0) is 16.5 Å². The van der Waals surface area contributed by atoms with Crippen LogP contribution >= 0.6 is 0 Å². The van der Waals surface area contributed by atoms with E-state index >= 15 is 0 Å². The fraction of sp³-hybridized carbons (Fsp3) is 0.700. The van der Waals surface area contributed by atoms with Gasteiger partial charge in [-0.25, -0.2) is 0 Å². The molecule has 0 heterocycles. The summed E-state index contributed by atoms with van der Waals surface area (Å²) >= 11 is 0. The Kier molecular flexibility index (Phi) is 15.3. The molecule has 1 N–H and O–H groups in total. The molecule has 1 aromatic carbocycles. The van der Waals surface area contributed by atoms with Gasteiger partial charge in [0.2, 0.25) is 0 Å².